The van der Waals surface area contributed by atoms with Crippen molar-refractivity contribution in [1.29, 1.82) is 0 Å². The Morgan fingerprint density at radius 1 is 1.37 bits per heavy atom. The summed E-state index contributed by atoms with van der Waals surface area (Å²) in [6, 6.07) is 4.04. The van der Waals surface area contributed by atoms with Crippen molar-refractivity contribution in [1.82, 2.24) is 5.32 Å². The van der Waals surface area contributed by atoms with Gasteiger partial charge in [-0.05, 0) is 37.8 Å². The Morgan fingerprint density at radius 3 is 3.00 bits per heavy atom. The van der Waals surface area contributed by atoms with Gasteiger partial charge >= 0.3 is 0 Å². The highest BCUT2D eigenvalue weighted by atomic mass is 19.1. The zero-order valence-corrected chi connectivity index (χ0v) is 10.5. The number of fused-ring (bicyclic) bond motifs is 1. The quantitative estimate of drug-likeness (QED) is 0.762. The number of hydrogen-bond donors (Lipinski definition) is 3. The molecule has 2 aliphatic rings. The van der Waals surface area contributed by atoms with Crippen LogP contribution in [0.15, 0.2) is 18.2 Å². The molecular weight excluding hydrogens is 247 g/mol. The molecule has 19 heavy (non-hydrogen) atoms. The number of amides is 1. The zero-order chi connectivity index (χ0) is 13.4. The molecule has 0 bridgehead atoms. The first-order chi connectivity index (χ1) is 9.13. The molecule has 3 rings (SSSR count). The summed E-state index contributed by atoms with van der Waals surface area (Å²) in [6.07, 6.45) is 3.13. The number of carbonyl (C=O) groups excluding carboxylic acids is 1. The molecule has 3 atom stereocenters. The maximum atomic E-state index is 13.1. The zero-order valence-electron chi connectivity index (χ0n) is 10.5. The van der Waals surface area contributed by atoms with Crippen LogP contribution in [-0.4, -0.2) is 23.2 Å². The molecule has 1 amide bonds. The fraction of sp³-hybridized carbons (Fsp3) is 0.500. The van der Waals surface area contributed by atoms with E-state index in [2.05, 4.69) is 10.6 Å². The Morgan fingerprint density at radius 2 is 2.21 bits per heavy atom. The van der Waals surface area contributed by atoms with Gasteiger partial charge in [-0.2, -0.15) is 0 Å². The van der Waals surface area contributed by atoms with Gasteiger partial charge in [0.1, 0.15) is 11.9 Å². The van der Waals surface area contributed by atoms with Crippen LogP contribution in [0.2, 0.25) is 0 Å². The first-order valence-corrected chi connectivity index (χ1v) is 6.68. The molecular formula is C14H17FN2O2. The Balaban J connectivity index is 1.77. The first kappa shape index (κ1) is 12.6. The number of carbonyl (C=O) groups is 1. The second-order valence-electron chi connectivity index (χ2n) is 5.34. The van der Waals surface area contributed by atoms with Gasteiger partial charge in [0.25, 0.3) is 0 Å². The van der Waals surface area contributed by atoms with Crippen molar-refractivity contribution in [2.75, 3.05) is 5.32 Å². The number of nitrogens with one attached hydrogen (secondary N) is 2. The normalized spacial score (nSPS) is 30.0. The van der Waals surface area contributed by atoms with Gasteiger partial charge in [0.15, 0.2) is 0 Å². The Kier molecular flexibility index (Phi) is 3.24. The molecule has 1 aromatic carbocycles. The van der Waals surface area contributed by atoms with Crippen molar-refractivity contribution in [2.45, 2.75) is 43.9 Å². The van der Waals surface area contributed by atoms with E-state index in [1.54, 1.807) is 6.07 Å². The summed E-state index contributed by atoms with van der Waals surface area (Å²) in [5.41, 5.74) is 1.32. The SMILES string of the molecule is O=C1Nc2cc(F)ccc2C1NC1CCCC(O)C1. The minimum atomic E-state index is -0.439. The summed E-state index contributed by atoms with van der Waals surface area (Å²) >= 11 is 0. The van der Waals surface area contributed by atoms with E-state index in [0.717, 1.165) is 24.8 Å². The van der Waals surface area contributed by atoms with Crippen LogP contribution < -0.4 is 10.6 Å². The summed E-state index contributed by atoms with van der Waals surface area (Å²) in [7, 11) is 0. The number of rotatable bonds is 2. The number of benzene rings is 1. The van der Waals surface area contributed by atoms with Crippen molar-refractivity contribution in [2.24, 2.45) is 0 Å². The highest BCUT2D eigenvalue weighted by Gasteiger charge is 2.33. The van der Waals surface area contributed by atoms with Crippen LogP contribution >= 0.6 is 0 Å². The highest BCUT2D eigenvalue weighted by Crippen LogP contribution is 2.32. The van der Waals surface area contributed by atoms with Gasteiger partial charge in [0.05, 0.1) is 6.10 Å². The second-order valence-corrected chi connectivity index (χ2v) is 5.34. The summed E-state index contributed by atoms with van der Waals surface area (Å²) in [6.45, 7) is 0. The van der Waals surface area contributed by atoms with Crippen LogP contribution in [0.5, 0.6) is 0 Å². The van der Waals surface area contributed by atoms with E-state index in [9.17, 15) is 14.3 Å². The third-order valence-electron chi connectivity index (χ3n) is 3.90. The molecule has 0 radical (unpaired) electrons. The lowest BCUT2D eigenvalue weighted by atomic mass is 9.92. The maximum absolute atomic E-state index is 13.1. The van der Waals surface area contributed by atoms with E-state index in [4.69, 9.17) is 0 Å². The number of halogens is 1. The predicted molar refractivity (Wildman–Crippen MR) is 69.2 cm³/mol. The predicted octanol–water partition coefficient (Wildman–Crippen LogP) is 1.71. The first-order valence-electron chi connectivity index (χ1n) is 6.68. The van der Waals surface area contributed by atoms with Crippen molar-refractivity contribution in [3.05, 3.63) is 29.6 Å². The molecule has 3 unspecified atom stereocenters. The van der Waals surface area contributed by atoms with Crippen molar-refractivity contribution in [3.63, 3.8) is 0 Å². The minimum Gasteiger partial charge on any atom is -0.393 e. The van der Waals surface area contributed by atoms with Gasteiger partial charge in [-0.15, -0.1) is 0 Å². The molecule has 1 aliphatic heterocycles. The highest BCUT2D eigenvalue weighted by molar-refractivity contribution is 6.02. The Hall–Kier alpha value is -1.46. The van der Waals surface area contributed by atoms with Gasteiger partial charge < -0.3 is 10.4 Å². The third-order valence-corrected chi connectivity index (χ3v) is 3.90. The fourth-order valence-electron chi connectivity index (χ4n) is 2.95. The molecule has 1 saturated carbocycles. The van der Waals surface area contributed by atoms with Crippen molar-refractivity contribution >= 4 is 11.6 Å². The van der Waals surface area contributed by atoms with Crippen molar-refractivity contribution in [3.8, 4) is 0 Å². The Labute approximate surface area is 111 Å². The number of hydrogen-bond acceptors (Lipinski definition) is 3. The fourth-order valence-corrected chi connectivity index (χ4v) is 2.95. The molecule has 1 heterocycles. The monoisotopic (exact) mass is 264 g/mol. The minimum absolute atomic E-state index is 0.135. The molecule has 3 N–H and O–H groups in total. The summed E-state index contributed by atoms with van der Waals surface area (Å²) in [5.74, 6) is -0.506. The van der Waals surface area contributed by atoms with Crippen LogP contribution in [0, 0.1) is 5.82 Å². The van der Waals surface area contributed by atoms with Gasteiger partial charge in [0.2, 0.25) is 5.91 Å². The molecule has 102 valence electrons. The smallest absolute Gasteiger partial charge is 0.246 e. The molecule has 1 aromatic rings. The maximum Gasteiger partial charge on any atom is 0.246 e. The average molecular weight is 264 g/mol. The lowest BCUT2D eigenvalue weighted by molar-refractivity contribution is -0.118. The van der Waals surface area contributed by atoms with Crippen LogP contribution in [0.25, 0.3) is 0 Å². The molecule has 0 saturated heterocycles. The molecule has 0 aromatic heterocycles. The molecule has 4 nitrogen and oxygen atoms in total. The van der Waals surface area contributed by atoms with E-state index >= 15 is 0 Å². The topological polar surface area (TPSA) is 61.4 Å². The van der Waals surface area contributed by atoms with E-state index in [1.165, 1.54) is 12.1 Å². The van der Waals surface area contributed by atoms with Crippen LogP contribution in [0.1, 0.15) is 37.3 Å². The van der Waals surface area contributed by atoms with Crippen LogP contribution in [-0.2, 0) is 4.79 Å². The van der Waals surface area contributed by atoms with E-state index < -0.39 is 6.04 Å². The van der Waals surface area contributed by atoms with Gasteiger partial charge in [-0.3, -0.25) is 10.1 Å². The number of aliphatic hydroxyl groups is 1. The number of anilines is 1. The third kappa shape index (κ3) is 2.48. The van der Waals surface area contributed by atoms with Crippen LogP contribution in [0.3, 0.4) is 0 Å². The van der Waals surface area contributed by atoms with Gasteiger partial charge in [-0.1, -0.05) is 6.07 Å². The van der Waals surface area contributed by atoms with Crippen molar-refractivity contribution < 1.29 is 14.3 Å². The largest absolute Gasteiger partial charge is 0.393 e. The Bertz CT molecular complexity index is 506. The van der Waals surface area contributed by atoms with Gasteiger partial charge in [-0.25, -0.2) is 4.39 Å². The van der Waals surface area contributed by atoms with E-state index in [0.29, 0.717) is 12.1 Å². The molecule has 0 spiro atoms. The second kappa shape index (κ2) is 4.90. The summed E-state index contributed by atoms with van der Waals surface area (Å²) in [4.78, 5) is 11.9. The molecule has 5 heteroatoms. The van der Waals surface area contributed by atoms with E-state index in [-0.39, 0.29) is 23.9 Å². The van der Waals surface area contributed by atoms with Gasteiger partial charge in [0, 0.05) is 17.3 Å². The number of aliphatic hydroxyl groups excluding tert-OH is 1. The molecule has 1 aliphatic carbocycles. The molecule has 1 fully saturated rings. The average Bonchev–Trinajstić information content (AvgIpc) is 2.65. The standard InChI is InChI=1S/C14H17FN2O2/c15-8-4-5-11-12(6-8)17-14(19)13(11)16-9-2-1-3-10(18)7-9/h4-6,9-10,13,16,18H,1-3,7H2,(H,17,19). The lowest BCUT2D eigenvalue weighted by Crippen LogP contribution is -2.40. The lowest BCUT2D eigenvalue weighted by Gasteiger charge is -2.28. The van der Waals surface area contributed by atoms with Crippen LogP contribution in [0.4, 0.5) is 10.1 Å². The summed E-state index contributed by atoms with van der Waals surface area (Å²) in [5, 5.41) is 15.6. The van der Waals surface area contributed by atoms with E-state index in [1.807, 2.05) is 0 Å². The summed E-state index contributed by atoms with van der Waals surface area (Å²) < 4.78 is 13.1.